The van der Waals surface area contributed by atoms with E-state index in [9.17, 15) is 0 Å². The Morgan fingerprint density at radius 1 is 1.29 bits per heavy atom. The maximum atomic E-state index is 5.49. The first-order valence-electron chi connectivity index (χ1n) is 6.06. The quantitative estimate of drug-likeness (QED) is 0.800. The van der Waals surface area contributed by atoms with Gasteiger partial charge in [-0.3, -0.25) is 0 Å². The molecule has 0 saturated carbocycles. The number of rotatable bonds is 6. The fraction of sp³-hybridized carbons (Fsp3) is 0.462. The summed E-state index contributed by atoms with van der Waals surface area (Å²) in [5.41, 5.74) is 5.49. The molecule has 0 aliphatic heterocycles. The Balaban J connectivity index is 2.03. The number of hydrogen-bond donors (Lipinski definition) is 1. The zero-order chi connectivity index (χ0) is 12.1. The molecule has 0 unspecified atom stereocenters. The summed E-state index contributed by atoms with van der Waals surface area (Å²) in [5, 5.41) is 3.39. The number of thiophene rings is 1. The summed E-state index contributed by atoms with van der Waals surface area (Å²) in [4.78, 5) is 6.73. The third-order valence-corrected chi connectivity index (χ3v) is 3.80. The lowest BCUT2D eigenvalue weighted by atomic mass is 10.2. The molecule has 0 amide bonds. The first-order chi connectivity index (χ1) is 8.33. The molecule has 0 aromatic carbocycles. The standard InChI is InChI=1S/C13H19N3S/c1-16(9-4-2-3-7-14)13-11-6-10-17-12(11)5-8-15-13/h5-6,8,10H,2-4,7,9,14H2,1H3. The van der Waals surface area contributed by atoms with E-state index in [4.69, 9.17) is 5.73 Å². The molecule has 0 aliphatic rings. The minimum Gasteiger partial charge on any atom is -0.359 e. The number of nitrogens with zero attached hydrogens (tertiary/aromatic N) is 2. The SMILES string of the molecule is CN(CCCCCN)c1nccc2sccc12. The van der Waals surface area contributed by atoms with Gasteiger partial charge in [0.15, 0.2) is 0 Å². The molecule has 0 radical (unpaired) electrons. The summed E-state index contributed by atoms with van der Waals surface area (Å²) < 4.78 is 1.31. The monoisotopic (exact) mass is 249 g/mol. The Kier molecular flexibility index (Phi) is 4.34. The van der Waals surface area contributed by atoms with Crippen LogP contribution in [0, 0.1) is 0 Å². The third kappa shape index (κ3) is 2.96. The van der Waals surface area contributed by atoms with Crippen molar-refractivity contribution in [3.63, 3.8) is 0 Å². The number of fused-ring (bicyclic) bond motifs is 1. The van der Waals surface area contributed by atoms with E-state index in [0.29, 0.717) is 0 Å². The number of nitrogens with two attached hydrogens (primary N) is 1. The first-order valence-corrected chi connectivity index (χ1v) is 6.94. The van der Waals surface area contributed by atoms with Gasteiger partial charge in [0.2, 0.25) is 0 Å². The van der Waals surface area contributed by atoms with Crippen LogP contribution in [-0.4, -0.2) is 25.1 Å². The Hall–Kier alpha value is -1.13. The Morgan fingerprint density at radius 2 is 2.18 bits per heavy atom. The molecule has 92 valence electrons. The van der Waals surface area contributed by atoms with Gasteiger partial charge in [0.25, 0.3) is 0 Å². The van der Waals surface area contributed by atoms with E-state index in [-0.39, 0.29) is 0 Å². The average molecular weight is 249 g/mol. The summed E-state index contributed by atoms with van der Waals surface area (Å²) in [5.74, 6) is 1.09. The minimum absolute atomic E-state index is 0.794. The van der Waals surface area contributed by atoms with E-state index in [1.165, 1.54) is 22.9 Å². The molecule has 0 saturated heterocycles. The highest BCUT2D eigenvalue weighted by atomic mass is 32.1. The molecule has 0 aliphatic carbocycles. The summed E-state index contributed by atoms with van der Waals surface area (Å²) in [6.45, 7) is 1.84. The van der Waals surface area contributed by atoms with Crippen LogP contribution in [0.3, 0.4) is 0 Å². The summed E-state index contributed by atoms with van der Waals surface area (Å²) in [7, 11) is 2.11. The normalized spacial score (nSPS) is 10.9. The van der Waals surface area contributed by atoms with Crippen molar-refractivity contribution in [2.45, 2.75) is 19.3 Å². The highest BCUT2D eigenvalue weighted by Crippen LogP contribution is 2.27. The van der Waals surface area contributed by atoms with Crippen LogP contribution < -0.4 is 10.6 Å². The number of hydrogen-bond acceptors (Lipinski definition) is 4. The van der Waals surface area contributed by atoms with Crippen molar-refractivity contribution in [3.05, 3.63) is 23.7 Å². The first kappa shape index (κ1) is 12.3. The van der Waals surface area contributed by atoms with Crippen molar-refractivity contribution in [1.29, 1.82) is 0 Å². The van der Waals surface area contributed by atoms with E-state index < -0.39 is 0 Å². The topological polar surface area (TPSA) is 42.1 Å². The lowest BCUT2D eigenvalue weighted by Crippen LogP contribution is -2.20. The van der Waals surface area contributed by atoms with Crippen molar-refractivity contribution in [3.8, 4) is 0 Å². The molecule has 0 atom stereocenters. The van der Waals surface area contributed by atoms with Crippen LogP contribution in [0.2, 0.25) is 0 Å². The highest BCUT2D eigenvalue weighted by molar-refractivity contribution is 7.17. The fourth-order valence-corrected chi connectivity index (χ4v) is 2.74. The van der Waals surface area contributed by atoms with Crippen LogP contribution in [0.15, 0.2) is 23.7 Å². The summed E-state index contributed by atoms with van der Waals surface area (Å²) in [6, 6.07) is 4.23. The summed E-state index contributed by atoms with van der Waals surface area (Å²) in [6.07, 6.45) is 5.38. The molecule has 0 bridgehead atoms. The third-order valence-electron chi connectivity index (χ3n) is 2.92. The van der Waals surface area contributed by atoms with Crippen LogP contribution in [0.25, 0.3) is 10.1 Å². The zero-order valence-electron chi connectivity index (χ0n) is 10.2. The minimum atomic E-state index is 0.794. The zero-order valence-corrected chi connectivity index (χ0v) is 11.0. The molecule has 17 heavy (non-hydrogen) atoms. The Morgan fingerprint density at radius 3 is 3.00 bits per heavy atom. The molecule has 2 aromatic rings. The van der Waals surface area contributed by atoms with Gasteiger partial charge in [-0.2, -0.15) is 0 Å². The number of unbranched alkanes of at least 4 members (excludes halogenated alkanes) is 2. The summed E-state index contributed by atoms with van der Waals surface area (Å²) >= 11 is 1.77. The van der Waals surface area contributed by atoms with Crippen LogP contribution in [0.4, 0.5) is 5.82 Å². The van der Waals surface area contributed by atoms with Crippen molar-refractivity contribution in [2.24, 2.45) is 5.73 Å². The molecule has 0 fully saturated rings. The van der Waals surface area contributed by atoms with Crippen molar-refractivity contribution < 1.29 is 0 Å². The predicted octanol–water partition coefficient (Wildman–Crippen LogP) is 2.86. The largest absolute Gasteiger partial charge is 0.359 e. The molecular formula is C13H19N3S. The number of aromatic nitrogens is 1. The molecular weight excluding hydrogens is 230 g/mol. The van der Waals surface area contributed by atoms with E-state index in [0.717, 1.165) is 25.3 Å². The molecule has 3 nitrogen and oxygen atoms in total. The maximum absolute atomic E-state index is 5.49. The van der Waals surface area contributed by atoms with E-state index in [1.807, 2.05) is 6.20 Å². The van der Waals surface area contributed by atoms with Crippen molar-refractivity contribution >= 4 is 27.2 Å². The maximum Gasteiger partial charge on any atom is 0.136 e. The van der Waals surface area contributed by atoms with Gasteiger partial charge >= 0.3 is 0 Å². The number of anilines is 1. The lowest BCUT2D eigenvalue weighted by Gasteiger charge is -2.18. The highest BCUT2D eigenvalue weighted by Gasteiger charge is 2.07. The van der Waals surface area contributed by atoms with Gasteiger partial charge in [-0.25, -0.2) is 4.98 Å². The molecule has 2 heterocycles. The van der Waals surface area contributed by atoms with Gasteiger partial charge in [0.1, 0.15) is 5.82 Å². The second kappa shape index (κ2) is 5.98. The molecule has 2 rings (SSSR count). The van der Waals surface area contributed by atoms with Crippen LogP contribution in [0.5, 0.6) is 0 Å². The van der Waals surface area contributed by atoms with Gasteiger partial charge in [0, 0.05) is 29.9 Å². The van der Waals surface area contributed by atoms with Gasteiger partial charge in [-0.15, -0.1) is 11.3 Å². The van der Waals surface area contributed by atoms with E-state index in [1.54, 1.807) is 11.3 Å². The van der Waals surface area contributed by atoms with Crippen molar-refractivity contribution in [2.75, 3.05) is 25.0 Å². The predicted molar refractivity (Wildman–Crippen MR) is 75.8 cm³/mol. The number of pyridine rings is 1. The van der Waals surface area contributed by atoms with Gasteiger partial charge in [-0.1, -0.05) is 6.42 Å². The molecule has 4 heteroatoms. The van der Waals surface area contributed by atoms with Gasteiger partial charge in [0.05, 0.1) is 0 Å². The molecule has 2 N–H and O–H groups in total. The van der Waals surface area contributed by atoms with Crippen LogP contribution >= 0.6 is 11.3 Å². The van der Waals surface area contributed by atoms with Crippen LogP contribution in [-0.2, 0) is 0 Å². The van der Waals surface area contributed by atoms with E-state index >= 15 is 0 Å². The van der Waals surface area contributed by atoms with Gasteiger partial charge in [-0.05, 0) is 36.9 Å². The second-order valence-electron chi connectivity index (χ2n) is 4.24. The molecule has 2 aromatic heterocycles. The lowest BCUT2D eigenvalue weighted by molar-refractivity contribution is 0.677. The van der Waals surface area contributed by atoms with Crippen molar-refractivity contribution in [1.82, 2.24) is 4.98 Å². The Bertz CT molecular complexity index is 466. The van der Waals surface area contributed by atoms with E-state index in [2.05, 4.69) is 34.4 Å². The fourth-order valence-electron chi connectivity index (χ4n) is 1.96. The van der Waals surface area contributed by atoms with Gasteiger partial charge < -0.3 is 10.6 Å². The van der Waals surface area contributed by atoms with Crippen LogP contribution in [0.1, 0.15) is 19.3 Å². The average Bonchev–Trinajstić information content (AvgIpc) is 2.82. The Labute approximate surface area is 106 Å². The molecule has 0 spiro atoms. The smallest absolute Gasteiger partial charge is 0.136 e. The second-order valence-corrected chi connectivity index (χ2v) is 5.19.